The lowest BCUT2D eigenvalue weighted by atomic mass is 10.1. The van der Waals surface area contributed by atoms with Crippen LogP contribution in [0.4, 0.5) is 4.39 Å². The van der Waals surface area contributed by atoms with Gasteiger partial charge in [0, 0.05) is 23.6 Å². The lowest BCUT2D eigenvalue weighted by Gasteiger charge is -2.30. The fourth-order valence-electron chi connectivity index (χ4n) is 2.70. The fourth-order valence-corrected chi connectivity index (χ4v) is 3.17. The maximum Gasteiger partial charge on any atom is 0.261 e. The maximum absolute atomic E-state index is 13.7. The van der Waals surface area contributed by atoms with Crippen molar-refractivity contribution in [3.8, 4) is 5.75 Å². The summed E-state index contributed by atoms with van der Waals surface area (Å²) in [5.74, 6) is -1.38. The summed E-state index contributed by atoms with van der Waals surface area (Å²) in [7, 11) is 1.50. The van der Waals surface area contributed by atoms with Crippen molar-refractivity contribution in [3.05, 3.63) is 63.9 Å². The number of para-hydroxylation sites is 1. The second-order valence-corrected chi connectivity index (χ2v) is 6.86. The molecule has 0 spiro atoms. The van der Waals surface area contributed by atoms with Gasteiger partial charge in [0.15, 0.2) is 18.2 Å². The zero-order valence-electron chi connectivity index (χ0n) is 15.5. The van der Waals surface area contributed by atoms with Gasteiger partial charge in [-0.15, -0.1) is 0 Å². The van der Waals surface area contributed by atoms with E-state index >= 15 is 0 Å². The summed E-state index contributed by atoms with van der Waals surface area (Å²) in [6.45, 7) is 1.46. The largest absolute Gasteiger partial charge is 0.481 e. The summed E-state index contributed by atoms with van der Waals surface area (Å²) in [4.78, 5) is 26.5. The first-order chi connectivity index (χ1) is 13.4. The lowest BCUT2D eigenvalue weighted by Crippen LogP contribution is -2.49. The Bertz CT molecular complexity index is 848. The Morgan fingerprint density at radius 1 is 1.21 bits per heavy atom. The van der Waals surface area contributed by atoms with Crippen molar-refractivity contribution in [2.75, 3.05) is 13.7 Å². The van der Waals surface area contributed by atoms with Crippen molar-refractivity contribution in [1.82, 2.24) is 10.2 Å². The molecule has 2 rings (SSSR count). The Kier molecular flexibility index (Phi) is 8.08. The molecule has 2 aromatic rings. The summed E-state index contributed by atoms with van der Waals surface area (Å²) in [5.41, 5.74) is 0.632. The molecular formula is C20H21Cl2FN2O3. The molecule has 0 aliphatic heterocycles. The minimum Gasteiger partial charge on any atom is -0.481 e. The number of likely N-dealkylation sites (N-methyl/N-ethyl adjacent to an activating group) is 1. The van der Waals surface area contributed by atoms with Gasteiger partial charge in [0.05, 0.1) is 0 Å². The normalized spacial score (nSPS) is 11.6. The van der Waals surface area contributed by atoms with Crippen LogP contribution in [0.1, 0.15) is 18.9 Å². The molecule has 0 bridgehead atoms. The number of nitrogens with zero attached hydrogens (tertiary/aromatic N) is 1. The average molecular weight is 427 g/mol. The highest BCUT2D eigenvalue weighted by molar-refractivity contribution is 6.35. The number of halogens is 3. The zero-order valence-corrected chi connectivity index (χ0v) is 17.1. The van der Waals surface area contributed by atoms with E-state index in [-0.39, 0.29) is 18.2 Å². The van der Waals surface area contributed by atoms with Crippen LogP contribution in [0.25, 0.3) is 0 Å². The van der Waals surface area contributed by atoms with E-state index in [1.807, 2.05) is 0 Å². The molecule has 0 unspecified atom stereocenters. The summed E-state index contributed by atoms with van der Waals surface area (Å²) in [6.07, 6.45) is 0.385. The first kappa shape index (κ1) is 22.0. The maximum atomic E-state index is 13.7. The smallest absolute Gasteiger partial charge is 0.261 e. The van der Waals surface area contributed by atoms with Crippen LogP contribution in [0.15, 0.2) is 42.5 Å². The fraction of sp³-hybridized carbons (Fsp3) is 0.300. The topological polar surface area (TPSA) is 58.6 Å². The third-order valence-corrected chi connectivity index (χ3v) is 4.76. The molecule has 2 aromatic carbocycles. The monoisotopic (exact) mass is 426 g/mol. The molecule has 1 atom stereocenters. The summed E-state index contributed by atoms with van der Waals surface area (Å²) in [5, 5.41) is 3.40. The first-order valence-corrected chi connectivity index (χ1v) is 9.45. The molecular weight excluding hydrogens is 406 g/mol. The van der Waals surface area contributed by atoms with Crippen molar-refractivity contribution >= 4 is 35.0 Å². The predicted octanol–water partition coefficient (Wildman–Crippen LogP) is 4.06. The molecule has 0 saturated heterocycles. The summed E-state index contributed by atoms with van der Waals surface area (Å²) < 4.78 is 19.1. The summed E-state index contributed by atoms with van der Waals surface area (Å²) >= 11 is 12.2. The number of rotatable bonds is 8. The molecule has 0 aliphatic carbocycles. The molecule has 28 heavy (non-hydrogen) atoms. The van der Waals surface area contributed by atoms with Crippen LogP contribution < -0.4 is 10.1 Å². The van der Waals surface area contributed by atoms with Crippen molar-refractivity contribution in [2.45, 2.75) is 25.9 Å². The van der Waals surface area contributed by atoms with Crippen LogP contribution in [0.2, 0.25) is 10.0 Å². The van der Waals surface area contributed by atoms with Crippen LogP contribution in [-0.4, -0.2) is 36.4 Å². The second kappa shape index (κ2) is 10.3. The molecule has 0 saturated carbocycles. The van der Waals surface area contributed by atoms with Gasteiger partial charge in [-0.3, -0.25) is 9.59 Å². The number of carbonyl (C=O) groups excluding carboxylic acids is 2. The number of amides is 2. The second-order valence-electron chi connectivity index (χ2n) is 6.01. The van der Waals surface area contributed by atoms with E-state index in [9.17, 15) is 14.0 Å². The van der Waals surface area contributed by atoms with Gasteiger partial charge in [-0.05, 0) is 36.2 Å². The van der Waals surface area contributed by atoms with Gasteiger partial charge in [-0.2, -0.15) is 0 Å². The van der Waals surface area contributed by atoms with Gasteiger partial charge in [-0.1, -0.05) is 48.3 Å². The molecule has 0 heterocycles. The van der Waals surface area contributed by atoms with Crippen molar-refractivity contribution in [3.63, 3.8) is 0 Å². The van der Waals surface area contributed by atoms with E-state index in [1.54, 1.807) is 31.2 Å². The minimum atomic E-state index is -0.728. The molecule has 1 N–H and O–H groups in total. The molecule has 5 nitrogen and oxygen atoms in total. The number of hydrogen-bond donors (Lipinski definition) is 1. The SMILES string of the molecule is CC[C@@H](C(=O)NC)N(Cc1ccc(Cl)cc1Cl)C(=O)COc1ccccc1F. The third-order valence-electron chi connectivity index (χ3n) is 4.18. The van der Waals surface area contributed by atoms with Crippen molar-refractivity contribution in [1.29, 1.82) is 0 Å². The highest BCUT2D eigenvalue weighted by Gasteiger charge is 2.29. The van der Waals surface area contributed by atoms with Gasteiger partial charge in [-0.25, -0.2) is 4.39 Å². The van der Waals surface area contributed by atoms with Crippen LogP contribution in [0.5, 0.6) is 5.75 Å². The van der Waals surface area contributed by atoms with E-state index in [4.69, 9.17) is 27.9 Å². The molecule has 0 aliphatic rings. The molecule has 0 radical (unpaired) electrons. The highest BCUT2D eigenvalue weighted by atomic mass is 35.5. The zero-order chi connectivity index (χ0) is 20.7. The Balaban J connectivity index is 2.24. The molecule has 150 valence electrons. The summed E-state index contributed by atoms with van der Waals surface area (Å²) in [6, 6.07) is 9.99. The quantitative estimate of drug-likeness (QED) is 0.691. The van der Waals surface area contributed by atoms with Gasteiger partial charge in [0.25, 0.3) is 5.91 Å². The van der Waals surface area contributed by atoms with Gasteiger partial charge in [0.2, 0.25) is 5.91 Å². The number of ether oxygens (including phenoxy) is 1. The first-order valence-electron chi connectivity index (χ1n) is 8.69. The standard InChI is InChI=1S/C20H21Cl2FN2O3/c1-3-17(20(27)24-2)25(11-13-8-9-14(21)10-15(13)22)19(26)12-28-18-7-5-4-6-16(18)23/h4-10,17H,3,11-12H2,1-2H3,(H,24,27)/t17-/m0/s1. The highest BCUT2D eigenvalue weighted by Crippen LogP contribution is 2.24. The van der Waals surface area contributed by atoms with Crippen LogP contribution in [-0.2, 0) is 16.1 Å². The lowest BCUT2D eigenvalue weighted by molar-refractivity contribution is -0.142. The van der Waals surface area contributed by atoms with Crippen LogP contribution in [0.3, 0.4) is 0 Å². The van der Waals surface area contributed by atoms with Gasteiger partial charge in [0.1, 0.15) is 6.04 Å². The van der Waals surface area contributed by atoms with Gasteiger partial charge >= 0.3 is 0 Å². The van der Waals surface area contributed by atoms with E-state index < -0.39 is 24.4 Å². The Morgan fingerprint density at radius 3 is 2.54 bits per heavy atom. The third kappa shape index (κ3) is 5.59. The Labute approximate surface area is 173 Å². The number of hydrogen-bond acceptors (Lipinski definition) is 3. The van der Waals surface area contributed by atoms with Crippen LogP contribution in [0, 0.1) is 5.82 Å². The Morgan fingerprint density at radius 2 is 1.93 bits per heavy atom. The van der Waals surface area contributed by atoms with E-state index in [2.05, 4.69) is 5.32 Å². The molecule has 8 heteroatoms. The average Bonchev–Trinajstić information content (AvgIpc) is 2.68. The number of benzene rings is 2. The van der Waals surface area contributed by atoms with E-state index in [0.717, 1.165) is 0 Å². The number of carbonyl (C=O) groups is 2. The predicted molar refractivity (Wildman–Crippen MR) is 107 cm³/mol. The van der Waals surface area contributed by atoms with Gasteiger partial charge < -0.3 is 15.0 Å². The molecule has 2 amide bonds. The van der Waals surface area contributed by atoms with E-state index in [0.29, 0.717) is 22.0 Å². The van der Waals surface area contributed by atoms with Crippen molar-refractivity contribution in [2.24, 2.45) is 0 Å². The van der Waals surface area contributed by atoms with Crippen molar-refractivity contribution < 1.29 is 18.7 Å². The minimum absolute atomic E-state index is 0.0340. The Hall–Kier alpha value is -2.31. The van der Waals surface area contributed by atoms with E-state index in [1.165, 1.54) is 30.1 Å². The molecule has 0 fully saturated rings. The van der Waals surface area contributed by atoms with Crippen LogP contribution >= 0.6 is 23.2 Å². The number of nitrogens with one attached hydrogen (secondary N) is 1. The molecule has 0 aromatic heterocycles.